The number of anilines is 1. The molecule has 1 heterocycles. The summed E-state index contributed by atoms with van der Waals surface area (Å²) in [4.78, 5) is 27.5. The summed E-state index contributed by atoms with van der Waals surface area (Å²) < 4.78 is 7.40. The molecule has 7 heteroatoms. The lowest BCUT2D eigenvalue weighted by Gasteiger charge is -2.10. The molecular weight excluding hydrogens is 356 g/mol. The third-order valence-electron chi connectivity index (χ3n) is 4.17. The Morgan fingerprint density at radius 2 is 1.79 bits per heavy atom. The Morgan fingerprint density at radius 3 is 2.43 bits per heavy atom. The van der Waals surface area contributed by atoms with Crippen LogP contribution in [0.15, 0.2) is 60.9 Å². The predicted octanol–water partition coefficient (Wildman–Crippen LogP) is 2.96. The zero-order chi connectivity index (χ0) is 19.9. The first-order valence-electron chi connectivity index (χ1n) is 8.97. The molecule has 144 valence electrons. The number of carbonyl (C=O) groups excluding carboxylic acids is 2. The predicted molar refractivity (Wildman–Crippen MR) is 106 cm³/mol. The molecule has 0 atom stereocenters. The van der Waals surface area contributed by atoms with Crippen molar-refractivity contribution in [2.24, 2.45) is 5.73 Å². The highest BCUT2D eigenvalue weighted by atomic mass is 16.5. The third kappa shape index (κ3) is 4.76. The molecule has 0 saturated heterocycles. The summed E-state index contributed by atoms with van der Waals surface area (Å²) in [6.07, 6.45) is 1.78. The van der Waals surface area contributed by atoms with Crippen LogP contribution >= 0.6 is 0 Å². The molecule has 0 aliphatic heterocycles. The van der Waals surface area contributed by atoms with E-state index in [0.29, 0.717) is 13.2 Å². The average molecular weight is 378 g/mol. The van der Waals surface area contributed by atoms with Crippen LogP contribution in [0.2, 0.25) is 0 Å². The van der Waals surface area contributed by atoms with E-state index in [1.165, 1.54) is 6.33 Å². The minimum absolute atomic E-state index is 0.172. The number of nitrogens with one attached hydrogen (secondary N) is 1. The van der Waals surface area contributed by atoms with Gasteiger partial charge in [-0.15, -0.1) is 0 Å². The van der Waals surface area contributed by atoms with Crippen molar-refractivity contribution in [1.82, 2.24) is 9.55 Å². The Labute approximate surface area is 163 Å². The van der Waals surface area contributed by atoms with Crippen molar-refractivity contribution in [3.63, 3.8) is 0 Å². The zero-order valence-electron chi connectivity index (χ0n) is 15.6. The van der Waals surface area contributed by atoms with E-state index in [0.717, 1.165) is 16.9 Å². The van der Waals surface area contributed by atoms with E-state index < -0.39 is 5.91 Å². The lowest BCUT2D eigenvalue weighted by atomic mass is 10.2. The molecule has 0 spiro atoms. The highest BCUT2D eigenvalue weighted by Gasteiger charge is 2.18. The molecule has 1 aromatic heterocycles. The minimum Gasteiger partial charge on any atom is -0.489 e. The Bertz CT molecular complexity index is 950. The van der Waals surface area contributed by atoms with Gasteiger partial charge in [0.2, 0.25) is 5.91 Å². The fourth-order valence-electron chi connectivity index (χ4n) is 2.70. The highest BCUT2D eigenvalue weighted by molar-refractivity contribution is 6.00. The summed E-state index contributed by atoms with van der Waals surface area (Å²) in [5, 5.41) is 2.60. The van der Waals surface area contributed by atoms with Crippen LogP contribution in [0.1, 0.15) is 35.0 Å². The Kier molecular flexibility index (Phi) is 6.06. The van der Waals surface area contributed by atoms with E-state index >= 15 is 0 Å². The second-order valence-electron chi connectivity index (χ2n) is 6.25. The third-order valence-corrected chi connectivity index (χ3v) is 4.17. The molecule has 0 aliphatic rings. The molecule has 0 radical (unpaired) electrons. The van der Waals surface area contributed by atoms with Crippen LogP contribution in [-0.2, 0) is 17.9 Å². The van der Waals surface area contributed by atoms with Gasteiger partial charge in [-0.1, -0.05) is 49.4 Å². The number of hydrogen-bond donors (Lipinski definition) is 2. The molecule has 3 N–H and O–H groups in total. The number of benzene rings is 2. The fraction of sp³-hybridized carbons (Fsp3) is 0.190. The number of rotatable bonds is 8. The van der Waals surface area contributed by atoms with E-state index in [-0.39, 0.29) is 23.8 Å². The maximum atomic E-state index is 11.8. The lowest BCUT2D eigenvalue weighted by Crippen LogP contribution is -2.21. The first-order valence-corrected chi connectivity index (χ1v) is 8.97. The van der Waals surface area contributed by atoms with Gasteiger partial charge in [0.05, 0.1) is 6.33 Å². The fourth-order valence-corrected chi connectivity index (χ4v) is 2.70. The minimum atomic E-state index is -0.647. The van der Waals surface area contributed by atoms with Gasteiger partial charge < -0.3 is 20.4 Å². The number of nitrogens with two attached hydrogens (primary N) is 1. The molecule has 2 aromatic carbocycles. The van der Waals surface area contributed by atoms with Crippen molar-refractivity contribution in [3.8, 4) is 5.75 Å². The van der Waals surface area contributed by atoms with Crippen LogP contribution in [0.25, 0.3) is 0 Å². The number of primary amides is 1. The zero-order valence-corrected chi connectivity index (χ0v) is 15.6. The molecule has 0 bridgehead atoms. The summed E-state index contributed by atoms with van der Waals surface area (Å²) in [6, 6.07) is 17.5. The van der Waals surface area contributed by atoms with Crippen LogP contribution in [0.4, 0.5) is 5.82 Å². The largest absolute Gasteiger partial charge is 0.489 e. The van der Waals surface area contributed by atoms with E-state index in [1.807, 2.05) is 54.6 Å². The van der Waals surface area contributed by atoms with Gasteiger partial charge in [-0.2, -0.15) is 0 Å². The molecule has 0 aliphatic carbocycles. The summed E-state index contributed by atoms with van der Waals surface area (Å²) in [5.41, 5.74) is 7.69. The van der Waals surface area contributed by atoms with Crippen molar-refractivity contribution < 1.29 is 14.3 Å². The van der Waals surface area contributed by atoms with E-state index in [4.69, 9.17) is 10.5 Å². The van der Waals surface area contributed by atoms with E-state index in [2.05, 4.69) is 10.3 Å². The summed E-state index contributed by atoms with van der Waals surface area (Å²) >= 11 is 0. The van der Waals surface area contributed by atoms with Crippen LogP contribution in [0, 0.1) is 0 Å². The van der Waals surface area contributed by atoms with Gasteiger partial charge in [0.25, 0.3) is 5.91 Å². The molecule has 3 rings (SSSR count). The molecule has 2 amide bonds. The van der Waals surface area contributed by atoms with Gasteiger partial charge >= 0.3 is 0 Å². The summed E-state index contributed by atoms with van der Waals surface area (Å²) in [7, 11) is 0. The maximum absolute atomic E-state index is 11.8. The number of amides is 2. The number of nitrogens with zero attached hydrogens (tertiary/aromatic N) is 2. The topological polar surface area (TPSA) is 99.2 Å². The Morgan fingerprint density at radius 1 is 1.07 bits per heavy atom. The molecule has 3 aromatic rings. The normalized spacial score (nSPS) is 10.5. The molecule has 7 nitrogen and oxygen atoms in total. The van der Waals surface area contributed by atoms with Gasteiger partial charge in [-0.05, 0) is 23.3 Å². The van der Waals surface area contributed by atoms with Gasteiger partial charge in [-0.3, -0.25) is 9.59 Å². The van der Waals surface area contributed by atoms with Gasteiger partial charge in [0.15, 0.2) is 11.5 Å². The molecule has 28 heavy (non-hydrogen) atoms. The first-order chi connectivity index (χ1) is 13.6. The van der Waals surface area contributed by atoms with Crippen LogP contribution in [0.5, 0.6) is 5.75 Å². The van der Waals surface area contributed by atoms with Crippen LogP contribution < -0.4 is 15.8 Å². The highest BCUT2D eigenvalue weighted by Crippen LogP contribution is 2.18. The van der Waals surface area contributed by atoms with Crippen molar-refractivity contribution in [2.45, 2.75) is 26.5 Å². The molecule has 0 saturated carbocycles. The Hall–Kier alpha value is -3.61. The Balaban J connectivity index is 1.68. The number of ether oxygens (including phenoxy) is 1. The van der Waals surface area contributed by atoms with E-state index in [1.54, 1.807) is 11.5 Å². The van der Waals surface area contributed by atoms with E-state index in [9.17, 15) is 9.59 Å². The summed E-state index contributed by atoms with van der Waals surface area (Å²) in [5.74, 6) is 0.0609. The number of hydrogen-bond acceptors (Lipinski definition) is 4. The van der Waals surface area contributed by atoms with Crippen molar-refractivity contribution in [1.29, 1.82) is 0 Å². The number of carbonyl (C=O) groups is 2. The second kappa shape index (κ2) is 8.85. The quantitative estimate of drug-likeness (QED) is 0.629. The monoisotopic (exact) mass is 378 g/mol. The first kappa shape index (κ1) is 19.2. The van der Waals surface area contributed by atoms with Crippen LogP contribution in [-0.4, -0.2) is 21.4 Å². The molecular formula is C21H22N4O3. The van der Waals surface area contributed by atoms with Gasteiger partial charge in [0.1, 0.15) is 12.4 Å². The van der Waals surface area contributed by atoms with Crippen molar-refractivity contribution >= 4 is 17.6 Å². The maximum Gasteiger partial charge on any atom is 0.269 e. The second-order valence-corrected chi connectivity index (χ2v) is 6.25. The standard InChI is InChI=1S/C21H22N4O3/c1-2-18(26)24-21-19(20(22)27)25(14-23-21)12-15-8-10-17(11-9-15)28-13-16-6-4-3-5-7-16/h3-11,14H,2,12-13H2,1H3,(H2,22,27)(H,24,26). The lowest BCUT2D eigenvalue weighted by molar-refractivity contribution is -0.115. The molecule has 0 fully saturated rings. The number of imidazole rings is 1. The smallest absolute Gasteiger partial charge is 0.269 e. The SMILES string of the molecule is CCC(=O)Nc1ncn(Cc2ccc(OCc3ccccc3)cc2)c1C(N)=O. The van der Waals surface area contributed by atoms with Crippen molar-refractivity contribution in [2.75, 3.05) is 5.32 Å². The van der Waals surface area contributed by atoms with Gasteiger partial charge in [0, 0.05) is 13.0 Å². The van der Waals surface area contributed by atoms with Crippen molar-refractivity contribution in [3.05, 3.63) is 77.7 Å². The average Bonchev–Trinajstić information content (AvgIpc) is 3.10. The molecule has 0 unspecified atom stereocenters. The number of aromatic nitrogens is 2. The summed E-state index contributed by atoms with van der Waals surface area (Å²) in [6.45, 7) is 2.61. The van der Waals surface area contributed by atoms with Crippen LogP contribution in [0.3, 0.4) is 0 Å². The van der Waals surface area contributed by atoms with Gasteiger partial charge in [-0.25, -0.2) is 4.98 Å².